The highest BCUT2D eigenvalue weighted by Gasteiger charge is 2.36. The van der Waals surface area contributed by atoms with Crippen LogP contribution >= 0.6 is 0 Å². The molecular weight excluding hydrogens is 342 g/mol. The average molecular weight is 363 g/mol. The molecule has 27 heavy (non-hydrogen) atoms. The molecule has 3 amide bonds. The summed E-state index contributed by atoms with van der Waals surface area (Å²) in [5, 5.41) is 0. The lowest BCUT2D eigenvalue weighted by atomic mass is 10.0. The van der Waals surface area contributed by atoms with Gasteiger partial charge in [0.15, 0.2) is 0 Å². The van der Waals surface area contributed by atoms with E-state index in [4.69, 9.17) is 5.73 Å². The van der Waals surface area contributed by atoms with Gasteiger partial charge >= 0.3 is 0 Å². The first kappa shape index (κ1) is 17.4. The van der Waals surface area contributed by atoms with Gasteiger partial charge in [-0.05, 0) is 36.6 Å². The van der Waals surface area contributed by atoms with Crippen molar-refractivity contribution >= 4 is 17.7 Å². The number of nitrogens with two attached hydrogens (primary N) is 1. The summed E-state index contributed by atoms with van der Waals surface area (Å²) in [7, 11) is 0. The van der Waals surface area contributed by atoms with Crippen LogP contribution in [0.25, 0.3) is 0 Å². The Hall–Kier alpha value is -2.99. The summed E-state index contributed by atoms with van der Waals surface area (Å²) >= 11 is 0. The molecule has 0 saturated carbocycles. The largest absolute Gasteiger partial charge is 0.337 e. The zero-order valence-electron chi connectivity index (χ0n) is 14.9. The Balaban J connectivity index is 1.58. The number of imide groups is 1. The number of amides is 3. The van der Waals surface area contributed by atoms with Gasteiger partial charge in [-0.25, -0.2) is 0 Å². The smallest absolute Gasteiger partial charge is 0.261 e. The van der Waals surface area contributed by atoms with Crippen LogP contribution in [0.15, 0.2) is 48.5 Å². The molecule has 1 atom stereocenters. The fourth-order valence-electron chi connectivity index (χ4n) is 3.71. The van der Waals surface area contributed by atoms with Crippen LogP contribution in [0.4, 0.5) is 0 Å². The second-order valence-corrected chi connectivity index (χ2v) is 7.10. The van der Waals surface area contributed by atoms with Crippen LogP contribution in [0, 0.1) is 0 Å². The van der Waals surface area contributed by atoms with Gasteiger partial charge in [0.2, 0.25) is 0 Å². The first-order chi connectivity index (χ1) is 13.0. The minimum absolute atomic E-state index is 0.0123. The molecule has 2 aromatic carbocycles. The van der Waals surface area contributed by atoms with E-state index in [1.165, 1.54) is 4.90 Å². The summed E-state index contributed by atoms with van der Waals surface area (Å²) < 4.78 is 0. The third kappa shape index (κ3) is 3.24. The highest BCUT2D eigenvalue weighted by molar-refractivity contribution is 6.22. The molecule has 0 bridgehead atoms. The molecule has 138 valence electrons. The van der Waals surface area contributed by atoms with Gasteiger partial charge in [-0.3, -0.25) is 19.3 Å². The highest BCUT2D eigenvalue weighted by atomic mass is 16.2. The molecule has 0 spiro atoms. The van der Waals surface area contributed by atoms with E-state index in [0.29, 0.717) is 29.8 Å². The number of benzene rings is 2. The summed E-state index contributed by atoms with van der Waals surface area (Å²) in [4.78, 5) is 41.1. The molecule has 0 aliphatic carbocycles. The van der Waals surface area contributed by atoms with Crippen LogP contribution in [0.1, 0.15) is 49.5 Å². The molecule has 1 saturated heterocycles. The molecule has 4 rings (SSSR count). The number of piperidine rings is 1. The van der Waals surface area contributed by atoms with Crippen molar-refractivity contribution in [2.24, 2.45) is 5.73 Å². The Bertz CT molecular complexity index is 910. The van der Waals surface area contributed by atoms with E-state index in [2.05, 4.69) is 0 Å². The van der Waals surface area contributed by atoms with Crippen molar-refractivity contribution < 1.29 is 14.4 Å². The molecule has 2 aliphatic rings. The Morgan fingerprint density at radius 3 is 2.52 bits per heavy atom. The normalized spacial score (nSPS) is 19.4. The van der Waals surface area contributed by atoms with Crippen molar-refractivity contribution in [2.45, 2.75) is 25.4 Å². The van der Waals surface area contributed by atoms with E-state index in [1.807, 2.05) is 30.3 Å². The van der Waals surface area contributed by atoms with Crippen LogP contribution in [-0.2, 0) is 6.54 Å². The lowest BCUT2D eigenvalue weighted by Gasteiger charge is -2.30. The van der Waals surface area contributed by atoms with Crippen molar-refractivity contribution in [3.63, 3.8) is 0 Å². The zero-order chi connectivity index (χ0) is 19.0. The summed E-state index contributed by atoms with van der Waals surface area (Å²) in [6.45, 7) is 1.40. The third-order valence-electron chi connectivity index (χ3n) is 5.15. The van der Waals surface area contributed by atoms with Crippen molar-refractivity contribution in [1.29, 1.82) is 0 Å². The van der Waals surface area contributed by atoms with Gasteiger partial charge in [-0.15, -0.1) is 0 Å². The summed E-state index contributed by atoms with van der Waals surface area (Å²) in [6.07, 6.45) is 1.79. The predicted molar refractivity (Wildman–Crippen MR) is 100 cm³/mol. The minimum atomic E-state index is -0.358. The standard InChI is InChI=1S/C21H21N3O3/c22-16-7-4-10-23(13-16)19(25)15-8-9-17-18(11-15)21(27)24(20(17)26)12-14-5-2-1-3-6-14/h1-3,5-6,8-9,11,16H,4,7,10,12-13,22H2. The van der Waals surface area contributed by atoms with Crippen LogP contribution in [0.3, 0.4) is 0 Å². The molecule has 0 radical (unpaired) electrons. The average Bonchev–Trinajstić information content (AvgIpc) is 2.92. The molecule has 2 heterocycles. The first-order valence-electron chi connectivity index (χ1n) is 9.13. The topological polar surface area (TPSA) is 83.7 Å². The molecule has 1 fully saturated rings. The highest BCUT2D eigenvalue weighted by Crippen LogP contribution is 2.26. The number of hydrogen-bond acceptors (Lipinski definition) is 4. The Kier molecular flexibility index (Phi) is 4.49. The maximum absolute atomic E-state index is 12.8. The second kappa shape index (κ2) is 6.96. The van der Waals surface area contributed by atoms with E-state index in [0.717, 1.165) is 18.4 Å². The lowest BCUT2D eigenvalue weighted by Crippen LogP contribution is -2.45. The van der Waals surface area contributed by atoms with Crippen LogP contribution in [0.2, 0.25) is 0 Å². The number of nitrogens with zero attached hydrogens (tertiary/aromatic N) is 2. The first-order valence-corrected chi connectivity index (χ1v) is 9.13. The molecule has 2 aromatic rings. The second-order valence-electron chi connectivity index (χ2n) is 7.10. The molecule has 0 aromatic heterocycles. The van der Waals surface area contributed by atoms with Gasteiger partial charge < -0.3 is 10.6 Å². The van der Waals surface area contributed by atoms with Gasteiger partial charge in [0.25, 0.3) is 17.7 Å². The van der Waals surface area contributed by atoms with Crippen LogP contribution in [0.5, 0.6) is 0 Å². The molecule has 6 heteroatoms. The fourth-order valence-corrected chi connectivity index (χ4v) is 3.71. The van der Waals surface area contributed by atoms with Crippen molar-refractivity contribution in [1.82, 2.24) is 9.80 Å². The SMILES string of the molecule is NC1CCCN(C(=O)c2ccc3c(c2)C(=O)N(Cc2ccccc2)C3=O)C1. The Morgan fingerprint density at radius 2 is 1.78 bits per heavy atom. The number of fused-ring (bicyclic) bond motifs is 1. The van der Waals surface area contributed by atoms with Crippen molar-refractivity contribution in [2.75, 3.05) is 13.1 Å². The van der Waals surface area contributed by atoms with E-state index in [-0.39, 0.29) is 30.3 Å². The van der Waals surface area contributed by atoms with E-state index in [9.17, 15) is 14.4 Å². The van der Waals surface area contributed by atoms with Gasteiger partial charge in [0.1, 0.15) is 0 Å². The summed E-state index contributed by atoms with van der Waals surface area (Å²) in [5.41, 5.74) is 7.91. The number of rotatable bonds is 3. The quantitative estimate of drug-likeness (QED) is 0.846. The lowest BCUT2D eigenvalue weighted by molar-refractivity contribution is 0.0641. The number of likely N-dealkylation sites (tertiary alicyclic amines) is 1. The number of hydrogen-bond donors (Lipinski definition) is 1. The number of carbonyl (C=O) groups is 3. The third-order valence-corrected chi connectivity index (χ3v) is 5.15. The van der Waals surface area contributed by atoms with Gasteiger partial charge in [0, 0.05) is 24.7 Å². The Morgan fingerprint density at radius 1 is 1.04 bits per heavy atom. The maximum Gasteiger partial charge on any atom is 0.261 e. The summed E-state index contributed by atoms with van der Waals surface area (Å²) in [6, 6.07) is 14.1. The van der Waals surface area contributed by atoms with Gasteiger partial charge in [0.05, 0.1) is 17.7 Å². The molecule has 2 aliphatic heterocycles. The zero-order valence-corrected chi connectivity index (χ0v) is 14.9. The number of carbonyl (C=O) groups excluding carboxylic acids is 3. The van der Waals surface area contributed by atoms with Gasteiger partial charge in [-0.2, -0.15) is 0 Å². The van der Waals surface area contributed by atoms with Crippen LogP contribution in [-0.4, -0.2) is 46.7 Å². The summed E-state index contributed by atoms with van der Waals surface area (Å²) in [5.74, 6) is -0.823. The fraction of sp³-hybridized carbons (Fsp3) is 0.286. The molecule has 6 nitrogen and oxygen atoms in total. The van der Waals surface area contributed by atoms with Crippen molar-refractivity contribution in [3.05, 3.63) is 70.8 Å². The van der Waals surface area contributed by atoms with Crippen molar-refractivity contribution in [3.8, 4) is 0 Å². The predicted octanol–water partition coefficient (Wildman–Crippen LogP) is 2.05. The van der Waals surface area contributed by atoms with E-state index < -0.39 is 0 Å². The van der Waals surface area contributed by atoms with E-state index in [1.54, 1.807) is 23.1 Å². The van der Waals surface area contributed by atoms with E-state index >= 15 is 0 Å². The molecular formula is C21H21N3O3. The molecule has 2 N–H and O–H groups in total. The minimum Gasteiger partial charge on any atom is -0.337 e. The monoisotopic (exact) mass is 363 g/mol. The Labute approximate surface area is 157 Å². The molecule has 1 unspecified atom stereocenters. The van der Waals surface area contributed by atoms with Gasteiger partial charge in [-0.1, -0.05) is 30.3 Å². The van der Waals surface area contributed by atoms with Crippen LogP contribution < -0.4 is 5.73 Å². The maximum atomic E-state index is 12.8.